The maximum Gasteiger partial charge on any atom is 0.305 e. The second-order valence-electron chi connectivity index (χ2n) is 17.8. The summed E-state index contributed by atoms with van der Waals surface area (Å²) in [5, 5.41) is 23.1. The van der Waals surface area contributed by atoms with Gasteiger partial charge >= 0.3 is 5.97 Å². The second-order valence-corrected chi connectivity index (χ2v) is 17.8. The van der Waals surface area contributed by atoms with E-state index in [0.29, 0.717) is 25.9 Å². The van der Waals surface area contributed by atoms with Crippen molar-refractivity contribution in [2.75, 3.05) is 13.2 Å². The molecule has 2 atom stereocenters. The molecule has 0 radical (unpaired) electrons. The summed E-state index contributed by atoms with van der Waals surface area (Å²) in [5.74, 6) is -0.0944. The molecule has 2 unspecified atom stereocenters. The molecule has 0 bridgehead atoms. The molecule has 0 aromatic heterocycles. The molecule has 0 aliphatic rings. The number of aliphatic hydroxyl groups excluding tert-OH is 2. The van der Waals surface area contributed by atoms with Crippen LogP contribution in [0.3, 0.4) is 0 Å². The minimum absolute atomic E-state index is 0.0436. The van der Waals surface area contributed by atoms with Crippen LogP contribution >= 0.6 is 0 Å². The molecule has 356 valence electrons. The minimum atomic E-state index is -0.666. The van der Waals surface area contributed by atoms with E-state index >= 15 is 0 Å². The lowest BCUT2D eigenvalue weighted by Gasteiger charge is -2.22. The lowest BCUT2D eigenvalue weighted by atomic mass is 10.0. The normalized spacial score (nSPS) is 13.0. The molecule has 0 rings (SSSR count). The predicted molar refractivity (Wildman–Crippen MR) is 264 cm³/mol. The Bertz CT molecular complexity index is 1040. The summed E-state index contributed by atoms with van der Waals surface area (Å²) >= 11 is 0. The van der Waals surface area contributed by atoms with Crippen LogP contribution in [0.15, 0.2) is 48.6 Å². The Labute approximate surface area is 378 Å². The zero-order valence-corrected chi connectivity index (χ0v) is 40.4. The quantitative estimate of drug-likeness (QED) is 0.0322. The molecule has 3 N–H and O–H groups in total. The van der Waals surface area contributed by atoms with Crippen LogP contribution in [0.25, 0.3) is 0 Å². The first-order chi connectivity index (χ1) is 30.0. The molecule has 0 saturated heterocycles. The fourth-order valence-electron chi connectivity index (χ4n) is 7.79. The van der Waals surface area contributed by atoms with Crippen molar-refractivity contribution in [3.05, 3.63) is 48.6 Å². The zero-order chi connectivity index (χ0) is 44.4. The summed E-state index contributed by atoms with van der Waals surface area (Å²) in [6.07, 6.45) is 62.5. The maximum atomic E-state index is 12.4. The average Bonchev–Trinajstić information content (AvgIpc) is 3.26. The van der Waals surface area contributed by atoms with Crippen LogP contribution in [0.5, 0.6) is 0 Å². The van der Waals surface area contributed by atoms with Crippen molar-refractivity contribution >= 4 is 11.9 Å². The van der Waals surface area contributed by atoms with E-state index in [1.165, 1.54) is 167 Å². The fourth-order valence-corrected chi connectivity index (χ4v) is 7.79. The first-order valence-electron chi connectivity index (χ1n) is 26.4. The number of hydrogen-bond donors (Lipinski definition) is 3. The molecule has 0 aromatic rings. The third-order valence-corrected chi connectivity index (χ3v) is 11.9. The van der Waals surface area contributed by atoms with E-state index in [2.05, 4.69) is 67.8 Å². The molecular formula is C55H101NO5. The zero-order valence-electron chi connectivity index (χ0n) is 40.4. The third-order valence-electron chi connectivity index (χ3n) is 11.9. The Balaban J connectivity index is 3.45. The lowest BCUT2D eigenvalue weighted by Crippen LogP contribution is -2.45. The number of ether oxygens (including phenoxy) is 1. The van der Waals surface area contributed by atoms with E-state index in [0.717, 1.165) is 64.2 Å². The van der Waals surface area contributed by atoms with Crippen LogP contribution in [0.2, 0.25) is 0 Å². The molecule has 0 spiro atoms. The van der Waals surface area contributed by atoms with Crippen molar-refractivity contribution in [3.8, 4) is 0 Å². The van der Waals surface area contributed by atoms with Crippen LogP contribution < -0.4 is 5.32 Å². The molecule has 0 saturated carbocycles. The van der Waals surface area contributed by atoms with Crippen LogP contribution in [0.1, 0.15) is 264 Å². The van der Waals surface area contributed by atoms with Gasteiger partial charge in [0.25, 0.3) is 0 Å². The van der Waals surface area contributed by atoms with Gasteiger partial charge in [-0.1, -0.05) is 229 Å². The number of carbonyl (C=O) groups is 2. The van der Waals surface area contributed by atoms with Gasteiger partial charge in [-0.15, -0.1) is 0 Å². The molecule has 1 amide bonds. The number of rotatable bonds is 48. The number of carbonyl (C=O) groups excluding carboxylic acids is 2. The fraction of sp³-hybridized carbons (Fsp3) is 0.818. The number of aliphatic hydroxyl groups is 2. The minimum Gasteiger partial charge on any atom is -0.465 e. The third kappa shape index (κ3) is 47.1. The molecule has 6 heteroatoms. The number of hydrogen-bond acceptors (Lipinski definition) is 5. The first-order valence-corrected chi connectivity index (χ1v) is 26.4. The molecule has 0 aromatic carbocycles. The van der Waals surface area contributed by atoms with Gasteiger partial charge in [0.2, 0.25) is 5.91 Å². The highest BCUT2D eigenvalue weighted by Gasteiger charge is 2.20. The average molecular weight is 856 g/mol. The van der Waals surface area contributed by atoms with Crippen molar-refractivity contribution in [2.45, 2.75) is 276 Å². The van der Waals surface area contributed by atoms with Crippen LogP contribution in [-0.4, -0.2) is 47.4 Å². The Hall–Kier alpha value is -2.18. The van der Waals surface area contributed by atoms with Gasteiger partial charge in [-0.25, -0.2) is 0 Å². The Morgan fingerprint density at radius 3 is 1.30 bits per heavy atom. The lowest BCUT2D eigenvalue weighted by molar-refractivity contribution is -0.143. The molecule has 0 aliphatic heterocycles. The number of allylic oxidation sites excluding steroid dienone is 7. The van der Waals surface area contributed by atoms with Gasteiger partial charge in [-0.3, -0.25) is 9.59 Å². The van der Waals surface area contributed by atoms with Crippen LogP contribution in [-0.2, 0) is 14.3 Å². The summed E-state index contributed by atoms with van der Waals surface area (Å²) in [5.41, 5.74) is 0. The number of nitrogens with one attached hydrogen (secondary N) is 1. The van der Waals surface area contributed by atoms with Gasteiger partial charge in [0.05, 0.1) is 25.4 Å². The van der Waals surface area contributed by atoms with Crippen molar-refractivity contribution < 1.29 is 24.5 Å². The van der Waals surface area contributed by atoms with Crippen LogP contribution in [0.4, 0.5) is 0 Å². The van der Waals surface area contributed by atoms with E-state index in [1.54, 1.807) is 0 Å². The van der Waals surface area contributed by atoms with Gasteiger partial charge in [0.15, 0.2) is 0 Å². The van der Waals surface area contributed by atoms with Gasteiger partial charge in [-0.05, 0) is 70.6 Å². The molecular weight excluding hydrogens is 755 g/mol. The summed E-state index contributed by atoms with van der Waals surface area (Å²) in [4.78, 5) is 24.4. The van der Waals surface area contributed by atoms with Gasteiger partial charge in [0, 0.05) is 12.8 Å². The van der Waals surface area contributed by atoms with Gasteiger partial charge < -0.3 is 20.3 Å². The highest BCUT2D eigenvalue weighted by atomic mass is 16.5. The van der Waals surface area contributed by atoms with Crippen molar-refractivity contribution in [1.82, 2.24) is 5.32 Å². The molecule has 0 fully saturated rings. The van der Waals surface area contributed by atoms with E-state index in [1.807, 2.05) is 0 Å². The monoisotopic (exact) mass is 856 g/mol. The Kier molecular flexibility index (Phi) is 48.7. The highest BCUT2D eigenvalue weighted by molar-refractivity contribution is 5.76. The molecule has 0 heterocycles. The van der Waals surface area contributed by atoms with Crippen LogP contribution in [0, 0.1) is 0 Å². The smallest absolute Gasteiger partial charge is 0.305 e. The molecule has 6 nitrogen and oxygen atoms in total. The van der Waals surface area contributed by atoms with E-state index < -0.39 is 12.1 Å². The van der Waals surface area contributed by atoms with Gasteiger partial charge in [-0.2, -0.15) is 0 Å². The SMILES string of the molecule is CCCC/C=C\C/C=C\CCCCCCCC(=O)OCC/C=C\C/C=C\CCCCCCCCCCCCCCCCC(=O)NC(CO)C(O)CCCCCCCCCCC. The molecule has 0 aliphatic carbocycles. The van der Waals surface area contributed by atoms with Crippen molar-refractivity contribution in [2.24, 2.45) is 0 Å². The van der Waals surface area contributed by atoms with Crippen molar-refractivity contribution in [1.29, 1.82) is 0 Å². The number of esters is 1. The summed E-state index contributed by atoms with van der Waals surface area (Å²) in [7, 11) is 0. The summed E-state index contributed by atoms with van der Waals surface area (Å²) in [6.45, 7) is 4.76. The van der Waals surface area contributed by atoms with Gasteiger partial charge in [0.1, 0.15) is 0 Å². The van der Waals surface area contributed by atoms with E-state index in [9.17, 15) is 19.8 Å². The highest BCUT2D eigenvalue weighted by Crippen LogP contribution is 2.16. The summed E-state index contributed by atoms with van der Waals surface area (Å²) in [6, 6.07) is -0.544. The standard InChI is InChI=1S/C55H101NO5/c1-3-5-7-9-11-13-14-15-26-29-33-37-41-45-49-55(60)61-50-46-42-38-34-30-27-24-22-20-18-16-17-19-21-23-25-28-32-36-40-44-48-54(59)56-52(51-57)53(58)47-43-39-35-31-12-10-8-6-4-2/h9,11,14-15,27,30,38,42,52-53,57-58H,3-8,10,12-13,16-26,28-29,31-37,39-41,43-51H2,1-2H3,(H,56,59)/b11-9-,15-14-,30-27-,42-38-. The number of amides is 1. The maximum absolute atomic E-state index is 12.4. The van der Waals surface area contributed by atoms with E-state index in [-0.39, 0.29) is 18.5 Å². The van der Waals surface area contributed by atoms with E-state index in [4.69, 9.17) is 4.74 Å². The van der Waals surface area contributed by atoms with Crippen molar-refractivity contribution in [3.63, 3.8) is 0 Å². The Morgan fingerprint density at radius 2 is 0.836 bits per heavy atom. The summed E-state index contributed by atoms with van der Waals surface area (Å²) < 4.78 is 5.39. The Morgan fingerprint density at radius 1 is 0.459 bits per heavy atom. The first kappa shape index (κ1) is 58.8. The largest absolute Gasteiger partial charge is 0.465 e. The second kappa shape index (κ2) is 50.5. The topological polar surface area (TPSA) is 95.9 Å². The molecule has 61 heavy (non-hydrogen) atoms. The predicted octanol–water partition coefficient (Wildman–Crippen LogP) is 15.8. The number of unbranched alkanes of at least 4 members (excludes halogenated alkanes) is 29.